The van der Waals surface area contributed by atoms with Gasteiger partial charge in [0.1, 0.15) is 0 Å². The zero-order chi connectivity index (χ0) is 14.0. The molecule has 4 aliphatic rings. The van der Waals surface area contributed by atoms with Crippen molar-refractivity contribution in [2.45, 2.75) is 77.7 Å². The van der Waals surface area contributed by atoms with Crippen molar-refractivity contribution in [2.75, 3.05) is 0 Å². The minimum atomic E-state index is -0.157. The summed E-state index contributed by atoms with van der Waals surface area (Å²) in [7, 11) is 0. The average molecular weight is 274 g/mol. The summed E-state index contributed by atoms with van der Waals surface area (Å²) in [6, 6.07) is 0. The van der Waals surface area contributed by atoms with E-state index in [9.17, 15) is 5.11 Å². The van der Waals surface area contributed by atoms with Gasteiger partial charge in [0.25, 0.3) is 0 Å². The van der Waals surface area contributed by atoms with Crippen molar-refractivity contribution in [3.05, 3.63) is 11.6 Å². The van der Waals surface area contributed by atoms with Crippen molar-refractivity contribution in [3.63, 3.8) is 0 Å². The van der Waals surface area contributed by atoms with Crippen molar-refractivity contribution in [2.24, 2.45) is 28.6 Å². The molecule has 0 aromatic rings. The fourth-order valence-electron chi connectivity index (χ4n) is 6.70. The molecule has 112 valence electrons. The molecule has 0 heterocycles. The molecule has 20 heavy (non-hydrogen) atoms. The molecule has 0 radical (unpaired) electrons. The molecular weight excluding hydrogens is 244 g/mol. The lowest BCUT2D eigenvalue weighted by Crippen LogP contribution is -2.49. The number of hydrogen-bond acceptors (Lipinski definition) is 1. The monoisotopic (exact) mass is 274 g/mol. The molecule has 0 aromatic carbocycles. The Morgan fingerprint density at radius 1 is 1.00 bits per heavy atom. The highest BCUT2D eigenvalue weighted by molar-refractivity contribution is 5.25. The van der Waals surface area contributed by atoms with E-state index in [-0.39, 0.29) is 6.10 Å². The summed E-state index contributed by atoms with van der Waals surface area (Å²) in [4.78, 5) is 0. The van der Waals surface area contributed by atoms with Crippen molar-refractivity contribution in [1.29, 1.82) is 0 Å². The molecule has 0 saturated heterocycles. The van der Waals surface area contributed by atoms with Crippen LogP contribution >= 0.6 is 0 Å². The van der Waals surface area contributed by atoms with Gasteiger partial charge in [0, 0.05) is 0 Å². The van der Waals surface area contributed by atoms with E-state index in [1.54, 1.807) is 5.57 Å². The first-order chi connectivity index (χ1) is 9.53. The third-order valence-electron chi connectivity index (χ3n) is 7.87. The Morgan fingerprint density at radius 3 is 2.70 bits per heavy atom. The molecule has 0 aromatic heterocycles. The van der Waals surface area contributed by atoms with E-state index in [1.165, 1.54) is 51.4 Å². The van der Waals surface area contributed by atoms with Crippen LogP contribution in [-0.4, -0.2) is 11.2 Å². The van der Waals surface area contributed by atoms with Gasteiger partial charge >= 0.3 is 0 Å². The Kier molecular flexibility index (Phi) is 2.91. The van der Waals surface area contributed by atoms with Crippen LogP contribution < -0.4 is 0 Å². The number of aliphatic hydroxyl groups excluding tert-OH is 1. The summed E-state index contributed by atoms with van der Waals surface area (Å²) in [5.41, 5.74) is 2.71. The summed E-state index contributed by atoms with van der Waals surface area (Å²) in [5, 5.41) is 9.97. The maximum Gasteiger partial charge on any atom is 0.0724 e. The fourth-order valence-corrected chi connectivity index (χ4v) is 6.70. The highest BCUT2D eigenvalue weighted by Gasteiger charge is 2.55. The molecule has 0 bridgehead atoms. The van der Waals surface area contributed by atoms with E-state index in [0.717, 1.165) is 24.2 Å². The number of hydrogen-bond donors (Lipinski definition) is 1. The van der Waals surface area contributed by atoms with Crippen LogP contribution in [-0.2, 0) is 0 Å². The molecule has 0 spiro atoms. The lowest BCUT2D eigenvalue weighted by molar-refractivity contribution is -0.0411. The van der Waals surface area contributed by atoms with Gasteiger partial charge in [-0.15, -0.1) is 0 Å². The highest BCUT2D eigenvalue weighted by Crippen LogP contribution is 2.65. The topological polar surface area (TPSA) is 20.2 Å². The molecule has 4 aliphatic carbocycles. The molecule has 3 saturated carbocycles. The smallest absolute Gasteiger partial charge is 0.0724 e. The minimum absolute atomic E-state index is 0.157. The zero-order valence-corrected chi connectivity index (χ0v) is 13.2. The third-order valence-corrected chi connectivity index (χ3v) is 7.87. The molecule has 0 aliphatic heterocycles. The van der Waals surface area contributed by atoms with Crippen LogP contribution in [0.15, 0.2) is 11.6 Å². The molecule has 0 unspecified atom stereocenters. The largest absolute Gasteiger partial charge is 0.389 e. The van der Waals surface area contributed by atoms with Crippen LogP contribution in [0, 0.1) is 28.6 Å². The Bertz CT molecular complexity index is 439. The summed E-state index contributed by atoms with van der Waals surface area (Å²) in [6.07, 6.45) is 14.3. The zero-order valence-electron chi connectivity index (χ0n) is 13.2. The van der Waals surface area contributed by atoms with Gasteiger partial charge in [0.15, 0.2) is 0 Å². The van der Waals surface area contributed by atoms with Gasteiger partial charge in [0.05, 0.1) is 6.10 Å². The van der Waals surface area contributed by atoms with E-state index >= 15 is 0 Å². The normalized spacial score (nSPS) is 54.6. The van der Waals surface area contributed by atoms with Crippen LogP contribution in [0.3, 0.4) is 0 Å². The van der Waals surface area contributed by atoms with E-state index in [2.05, 4.69) is 19.9 Å². The number of fused-ring (bicyclic) bond motifs is 5. The maximum atomic E-state index is 9.97. The summed E-state index contributed by atoms with van der Waals surface area (Å²) < 4.78 is 0. The van der Waals surface area contributed by atoms with Gasteiger partial charge in [-0.2, -0.15) is 0 Å². The second-order valence-electron chi connectivity index (χ2n) is 8.72. The average Bonchev–Trinajstić information content (AvgIpc) is 2.81. The quantitative estimate of drug-likeness (QED) is 0.635. The van der Waals surface area contributed by atoms with Crippen LogP contribution in [0.4, 0.5) is 0 Å². The van der Waals surface area contributed by atoms with Crippen LogP contribution in [0.1, 0.15) is 71.6 Å². The van der Waals surface area contributed by atoms with E-state index in [4.69, 9.17) is 0 Å². The van der Waals surface area contributed by atoms with Crippen molar-refractivity contribution in [1.82, 2.24) is 0 Å². The van der Waals surface area contributed by atoms with Gasteiger partial charge in [-0.1, -0.05) is 31.9 Å². The fraction of sp³-hybridized carbons (Fsp3) is 0.895. The standard InChI is InChI=1S/C19H30O/c1-18-9-3-4-16(18)15-6-5-13-12-14(20)7-11-19(13,2)17(15)8-10-18/h12,14-17,20H,3-11H2,1-2H3/t14-,15-,16-,17-,18-,19-/m0/s1. The Morgan fingerprint density at radius 2 is 1.85 bits per heavy atom. The van der Waals surface area contributed by atoms with E-state index in [0.29, 0.717) is 10.8 Å². The molecule has 1 nitrogen and oxygen atoms in total. The van der Waals surface area contributed by atoms with Gasteiger partial charge in [-0.25, -0.2) is 0 Å². The Balaban J connectivity index is 1.68. The lowest BCUT2D eigenvalue weighted by atomic mass is 9.47. The molecule has 1 N–H and O–H groups in total. The first kappa shape index (κ1) is 13.4. The summed E-state index contributed by atoms with van der Waals surface area (Å²) in [5.74, 6) is 2.89. The minimum Gasteiger partial charge on any atom is -0.389 e. The third kappa shape index (κ3) is 1.71. The van der Waals surface area contributed by atoms with Gasteiger partial charge in [0.2, 0.25) is 0 Å². The number of aliphatic hydroxyl groups is 1. The predicted molar refractivity (Wildman–Crippen MR) is 82.3 cm³/mol. The van der Waals surface area contributed by atoms with Crippen LogP contribution in [0.5, 0.6) is 0 Å². The van der Waals surface area contributed by atoms with Crippen molar-refractivity contribution in [3.8, 4) is 0 Å². The van der Waals surface area contributed by atoms with Crippen LogP contribution in [0.25, 0.3) is 0 Å². The SMILES string of the molecule is C[C@@]12CCC[C@H]1[C@@H]1CCC3=C[C@@H](O)CC[C@]3(C)[C@H]1CC2. The molecule has 3 fully saturated rings. The van der Waals surface area contributed by atoms with Gasteiger partial charge in [-0.05, 0) is 80.0 Å². The number of allylic oxidation sites excluding steroid dienone is 1. The predicted octanol–water partition coefficient (Wildman–Crippen LogP) is 4.70. The van der Waals surface area contributed by atoms with Crippen molar-refractivity contribution < 1.29 is 5.11 Å². The molecule has 1 heteroatoms. The second kappa shape index (κ2) is 4.35. The highest BCUT2D eigenvalue weighted by atomic mass is 16.3. The summed E-state index contributed by atoms with van der Waals surface area (Å²) in [6.45, 7) is 5.11. The first-order valence-corrected chi connectivity index (χ1v) is 8.92. The van der Waals surface area contributed by atoms with E-state index < -0.39 is 0 Å². The first-order valence-electron chi connectivity index (χ1n) is 8.92. The molecule has 4 rings (SSSR count). The van der Waals surface area contributed by atoms with Gasteiger partial charge in [-0.3, -0.25) is 0 Å². The van der Waals surface area contributed by atoms with Gasteiger partial charge < -0.3 is 5.11 Å². The maximum absolute atomic E-state index is 9.97. The van der Waals surface area contributed by atoms with E-state index in [1.807, 2.05) is 0 Å². The summed E-state index contributed by atoms with van der Waals surface area (Å²) >= 11 is 0. The lowest BCUT2D eigenvalue weighted by Gasteiger charge is -2.57. The second-order valence-corrected chi connectivity index (χ2v) is 8.72. The van der Waals surface area contributed by atoms with Crippen LogP contribution in [0.2, 0.25) is 0 Å². The van der Waals surface area contributed by atoms with Crippen molar-refractivity contribution >= 4 is 0 Å². The molecular formula is C19H30O. The molecule has 0 amide bonds. The molecule has 6 atom stereocenters. The Labute approximate surface area is 123 Å². The number of rotatable bonds is 0. The Hall–Kier alpha value is -0.300.